The van der Waals surface area contributed by atoms with E-state index in [4.69, 9.17) is 17.2 Å². The minimum absolute atomic E-state index is 0.0156. The molecular formula is C79H128N20O20S. The highest BCUT2D eigenvalue weighted by molar-refractivity contribution is 7.80. The summed E-state index contributed by atoms with van der Waals surface area (Å²) < 4.78 is 0. The first-order chi connectivity index (χ1) is 56.9. The summed E-state index contributed by atoms with van der Waals surface area (Å²) in [5.74, 6) is -14.8. The van der Waals surface area contributed by atoms with Crippen molar-refractivity contribution >= 4 is 107 Å². The first-order valence-electron chi connectivity index (χ1n) is 41.4. The number of aromatic nitrogens is 2. The Bertz CT molecular complexity index is 3770. The van der Waals surface area contributed by atoms with Crippen LogP contribution in [0.5, 0.6) is 0 Å². The number of aromatic amines is 1. The number of benzene rings is 1. The van der Waals surface area contributed by atoms with Gasteiger partial charge in [0, 0.05) is 50.1 Å². The lowest BCUT2D eigenvalue weighted by Crippen LogP contribution is -2.62. The SMILES string of the molecule is CC[C@H](C)[C@H](NC(=O)[C@@H](N)CS)C(=O)N[C@@H](CO)C(=O)N1CCC[C@H]1C(=O)N[C@H](C(=O)NCC(=O)N[C@H](C(=O)N[C@@H](Cc1cnc[nH]1)C(=O)N1CCC[C@H]1C(=O)N[C@@H](CC(C)C)C(=O)N[C@@H](CC(C)C)C(=O)N[C@@H](CCCCN)C(=O)N[C@@H](CCCCN)C(=O)N[C@@H](Cc1ccccc1)C(=O)N1CCC[C@H]1C(=O)N[C@@H](C)C(=O)O)[C@@H](C)O)[C@@H](C)O. The molecular weight excluding hydrogens is 1580 g/mol. The van der Waals surface area contributed by atoms with Crippen molar-refractivity contribution in [3.05, 3.63) is 54.1 Å². The number of likely N-dealkylation sites (tertiary alicyclic amines) is 3. The van der Waals surface area contributed by atoms with Gasteiger partial charge in [0.2, 0.25) is 88.6 Å². The van der Waals surface area contributed by atoms with E-state index in [1.165, 1.54) is 29.2 Å². The molecule has 0 unspecified atom stereocenters. The summed E-state index contributed by atoms with van der Waals surface area (Å²) in [4.78, 5) is 234. The highest BCUT2D eigenvalue weighted by Gasteiger charge is 2.45. The summed E-state index contributed by atoms with van der Waals surface area (Å²) in [6, 6.07) is -11.4. The van der Waals surface area contributed by atoms with E-state index in [2.05, 4.69) is 86.4 Å². The highest BCUT2D eigenvalue weighted by Crippen LogP contribution is 2.25. The fraction of sp³-hybridized carbons (Fsp3) is 0.684. The third-order valence-electron chi connectivity index (χ3n) is 21.3. The molecule has 41 heteroatoms. The number of hydrogen-bond donors (Lipinski definition) is 21. The molecule has 23 N–H and O–H groups in total. The number of nitrogens with one attached hydrogen (secondary N) is 13. The molecule has 3 saturated heterocycles. The third-order valence-corrected chi connectivity index (χ3v) is 21.7. The standard InChI is InChI=1S/C79H128N20O20S/c1-10-44(6)62(95-65(104)50(82)40-120)74(113)93-57(39-100)78(117)99-32-20-27-60(99)72(111)96-63(46(8)101)73(112)84-38-61(103)94-64(47(9)102)75(114)92-56(36-49-37-83-41-85-49)77(116)98-31-19-26-59(98)71(110)90-54(34-43(4)5)69(108)89-53(33-42(2)3)68(107)88-51(23-14-16-28-80)66(105)87-52(24-15-17-29-81)67(106)91-55(35-48-21-12-11-13-22-48)76(115)97-30-18-25-58(97)70(109)86-45(7)79(118)119/h11-13,21-22,37,41-47,50-60,62-64,100-102,120H,10,14-20,23-36,38-40,80-82H2,1-9H3,(H,83,85)(H,84,112)(H,86,109)(H,87,105)(H,88,107)(H,89,108)(H,90,110)(H,91,106)(H,92,114)(H,93,113)(H,94,103)(H,95,104)(H,96,111)(H,118,119)/t44-,45-,46+,47+,50-,51-,52-,53-,54-,55-,56-,57-,58-,59-,60-,62-,63-,64-/m0/s1. The number of nitrogens with zero attached hydrogens (tertiary/aromatic N) is 4. The number of aliphatic hydroxyl groups excluding tert-OH is 3. The Morgan fingerprint density at radius 3 is 1.38 bits per heavy atom. The van der Waals surface area contributed by atoms with E-state index < -0.39 is 216 Å². The van der Waals surface area contributed by atoms with Crippen LogP contribution in [0.15, 0.2) is 42.9 Å². The number of aliphatic carboxylic acids is 1. The minimum Gasteiger partial charge on any atom is -0.480 e. The number of hydrogen-bond acceptors (Lipinski definition) is 24. The molecule has 3 aliphatic rings. The van der Waals surface area contributed by atoms with E-state index in [0.717, 1.165) is 18.7 Å². The normalized spacial score (nSPS) is 19.0. The van der Waals surface area contributed by atoms with Crippen molar-refractivity contribution in [2.75, 3.05) is 51.6 Å². The van der Waals surface area contributed by atoms with Crippen LogP contribution in [0.4, 0.5) is 0 Å². The average molecular weight is 1710 g/mol. The summed E-state index contributed by atoms with van der Waals surface area (Å²) in [6.07, 6.45) is 2.51. The summed E-state index contributed by atoms with van der Waals surface area (Å²) in [5, 5.41) is 72.6. The monoisotopic (exact) mass is 1710 g/mol. The molecule has 1 aromatic heterocycles. The second-order valence-corrected chi connectivity index (χ2v) is 32.3. The van der Waals surface area contributed by atoms with Crippen molar-refractivity contribution in [2.24, 2.45) is 35.0 Å². The maximum atomic E-state index is 14.9. The van der Waals surface area contributed by atoms with Gasteiger partial charge >= 0.3 is 5.97 Å². The number of thiol groups is 1. The Hall–Kier alpha value is -9.94. The van der Waals surface area contributed by atoms with Gasteiger partial charge in [-0.3, -0.25) is 76.7 Å². The molecule has 4 heterocycles. The van der Waals surface area contributed by atoms with Gasteiger partial charge in [-0.05, 0) is 147 Å². The molecule has 120 heavy (non-hydrogen) atoms. The maximum Gasteiger partial charge on any atom is 0.325 e. The maximum absolute atomic E-state index is 14.9. The summed E-state index contributed by atoms with van der Waals surface area (Å²) in [7, 11) is 0. The van der Waals surface area contributed by atoms with Crippen LogP contribution in [-0.4, -0.2) is 294 Å². The second kappa shape index (κ2) is 50.3. The Morgan fingerprint density at radius 2 is 0.933 bits per heavy atom. The fourth-order valence-electron chi connectivity index (χ4n) is 14.3. The second-order valence-electron chi connectivity index (χ2n) is 31.9. The lowest BCUT2D eigenvalue weighted by atomic mass is 9.97. The topological polar surface area (TPSA) is 615 Å². The number of amides is 15. The van der Waals surface area contributed by atoms with Gasteiger partial charge in [0.05, 0.1) is 37.7 Å². The highest BCUT2D eigenvalue weighted by atomic mass is 32.1. The Balaban J connectivity index is 1.28. The predicted molar refractivity (Wildman–Crippen MR) is 441 cm³/mol. The van der Waals surface area contributed by atoms with Crippen molar-refractivity contribution in [3.8, 4) is 0 Å². The molecule has 40 nitrogen and oxygen atoms in total. The van der Waals surface area contributed by atoms with Crippen LogP contribution < -0.4 is 81.0 Å². The summed E-state index contributed by atoms with van der Waals surface area (Å²) in [6.45, 7) is 13.0. The van der Waals surface area contributed by atoms with Crippen molar-refractivity contribution in [1.29, 1.82) is 0 Å². The van der Waals surface area contributed by atoms with Crippen molar-refractivity contribution in [3.63, 3.8) is 0 Å². The van der Waals surface area contributed by atoms with E-state index in [1.807, 2.05) is 0 Å². The van der Waals surface area contributed by atoms with Gasteiger partial charge in [-0.15, -0.1) is 0 Å². The fourth-order valence-corrected chi connectivity index (χ4v) is 14.5. The number of unbranched alkanes of at least 4 members (excludes halogenated alkanes) is 2. The number of rotatable bonds is 50. The first kappa shape index (κ1) is 101. The van der Waals surface area contributed by atoms with Gasteiger partial charge in [-0.2, -0.15) is 12.6 Å². The van der Waals surface area contributed by atoms with Crippen LogP contribution in [0.1, 0.15) is 170 Å². The molecule has 18 atom stereocenters. The smallest absolute Gasteiger partial charge is 0.325 e. The van der Waals surface area contributed by atoms with Crippen LogP contribution in [0.2, 0.25) is 0 Å². The Morgan fingerprint density at radius 1 is 0.508 bits per heavy atom. The molecule has 3 fully saturated rings. The van der Waals surface area contributed by atoms with Gasteiger partial charge in [-0.25, -0.2) is 4.98 Å². The van der Waals surface area contributed by atoms with Crippen LogP contribution in [0.25, 0.3) is 0 Å². The largest absolute Gasteiger partial charge is 0.480 e. The molecule has 15 amide bonds. The van der Waals surface area contributed by atoms with Gasteiger partial charge in [-0.1, -0.05) is 78.3 Å². The summed E-state index contributed by atoms with van der Waals surface area (Å²) in [5.41, 5.74) is 18.6. The lowest BCUT2D eigenvalue weighted by molar-refractivity contribution is -0.144. The number of carboxylic acids is 1. The van der Waals surface area contributed by atoms with Gasteiger partial charge < -0.3 is 121 Å². The molecule has 0 aliphatic carbocycles. The predicted octanol–water partition coefficient (Wildman–Crippen LogP) is -4.87. The zero-order valence-electron chi connectivity index (χ0n) is 70.1. The van der Waals surface area contributed by atoms with Crippen LogP contribution in [0.3, 0.4) is 0 Å². The molecule has 3 aliphatic heterocycles. The van der Waals surface area contributed by atoms with Crippen LogP contribution >= 0.6 is 12.6 Å². The first-order valence-corrected chi connectivity index (χ1v) is 42.0. The van der Waals surface area contributed by atoms with E-state index in [1.54, 1.807) is 71.9 Å². The van der Waals surface area contributed by atoms with Crippen LogP contribution in [0, 0.1) is 17.8 Å². The number of H-pyrrole nitrogens is 1. The molecule has 670 valence electrons. The van der Waals surface area contributed by atoms with Gasteiger partial charge in [0.25, 0.3) is 0 Å². The molecule has 1 aromatic carbocycles. The number of imidazole rings is 1. The number of aliphatic hydroxyl groups is 3. The Kier molecular flexibility index (Phi) is 42.2. The molecule has 2 aromatic rings. The quantitative estimate of drug-likeness (QED) is 0.0218. The average Bonchev–Trinajstić information content (AvgIpc) is 1.65. The van der Waals surface area contributed by atoms with Crippen molar-refractivity contribution in [2.45, 2.75) is 274 Å². The van der Waals surface area contributed by atoms with E-state index >= 15 is 0 Å². The van der Waals surface area contributed by atoms with Gasteiger partial charge in [0.15, 0.2) is 0 Å². The molecule has 0 radical (unpaired) electrons. The molecule has 5 rings (SSSR count). The van der Waals surface area contributed by atoms with Crippen molar-refractivity contribution in [1.82, 2.24) is 88.5 Å². The Labute approximate surface area is 704 Å². The number of carbonyl (C=O) groups is 16. The summed E-state index contributed by atoms with van der Waals surface area (Å²) >= 11 is 4.03. The molecule has 0 saturated carbocycles. The number of carboxylic acid groups (broad SMARTS) is 1. The van der Waals surface area contributed by atoms with E-state index in [9.17, 15) is 97.1 Å². The van der Waals surface area contributed by atoms with Gasteiger partial charge in [0.1, 0.15) is 84.6 Å². The third kappa shape index (κ3) is 30.9. The lowest BCUT2D eigenvalue weighted by Gasteiger charge is -2.31. The van der Waals surface area contributed by atoms with E-state index in [0.29, 0.717) is 49.8 Å². The number of carbonyl (C=O) groups excluding carboxylic acids is 15. The number of nitrogens with two attached hydrogens (primary N) is 3. The van der Waals surface area contributed by atoms with E-state index in [-0.39, 0.29) is 121 Å². The molecule has 0 spiro atoms. The van der Waals surface area contributed by atoms with Crippen molar-refractivity contribution < 1.29 is 97.1 Å². The minimum atomic E-state index is -1.81. The zero-order chi connectivity index (χ0) is 89.2. The van der Waals surface area contributed by atoms with Crippen LogP contribution in [-0.2, 0) is 89.6 Å². The molecule has 0 bridgehead atoms. The zero-order valence-corrected chi connectivity index (χ0v) is 70.9.